The molecule has 3 nitrogen and oxygen atoms in total. The number of imidazole rings is 1. The first kappa shape index (κ1) is 12.9. The zero-order valence-corrected chi connectivity index (χ0v) is 11.6. The van der Waals surface area contributed by atoms with Gasteiger partial charge in [-0.3, -0.25) is 0 Å². The summed E-state index contributed by atoms with van der Waals surface area (Å²) in [4.78, 5) is 3.10. The van der Waals surface area contributed by atoms with Gasteiger partial charge in [-0.05, 0) is 36.7 Å². The molecule has 0 amide bonds. The number of nitrogens with one attached hydrogen (secondary N) is 1. The molecule has 0 aliphatic carbocycles. The number of aromatic nitrogens is 2. The van der Waals surface area contributed by atoms with E-state index < -0.39 is 0 Å². The van der Waals surface area contributed by atoms with E-state index in [0.29, 0.717) is 0 Å². The molecule has 1 N–H and O–H groups in total. The molecule has 0 saturated carbocycles. The lowest BCUT2D eigenvalue weighted by molar-refractivity contribution is 0.408. The van der Waals surface area contributed by atoms with Crippen molar-refractivity contribution in [1.29, 1.82) is 0 Å². The zero-order chi connectivity index (χ0) is 13.0. The maximum Gasteiger partial charge on any atom is 0.177 e. The molecule has 0 radical (unpaired) electrons. The Morgan fingerprint density at radius 1 is 1.33 bits per heavy atom. The third kappa shape index (κ3) is 2.64. The summed E-state index contributed by atoms with van der Waals surface area (Å²) in [5, 5.41) is 0. The molecule has 2 rings (SSSR count). The van der Waals surface area contributed by atoms with E-state index in [2.05, 4.69) is 22.5 Å². The van der Waals surface area contributed by atoms with E-state index in [1.807, 2.05) is 24.4 Å². The molecule has 0 aliphatic heterocycles. The first-order chi connectivity index (χ1) is 8.76. The summed E-state index contributed by atoms with van der Waals surface area (Å²) in [6.07, 6.45) is 3.90. The molecule has 0 bridgehead atoms. The van der Waals surface area contributed by atoms with Crippen LogP contribution < -0.4 is 4.74 Å². The first-order valence-electron chi connectivity index (χ1n) is 6.15. The fourth-order valence-corrected chi connectivity index (χ4v) is 2.38. The minimum Gasteiger partial charge on any atom is -0.496 e. The minimum absolute atomic E-state index is 0.793. The van der Waals surface area contributed by atoms with Crippen LogP contribution in [0.15, 0.2) is 30.5 Å². The molecule has 1 aromatic heterocycles. The number of benzene rings is 1. The van der Waals surface area contributed by atoms with Gasteiger partial charge in [0.05, 0.1) is 7.11 Å². The number of para-hydroxylation sites is 1. The van der Waals surface area contributed by atoms with Crippen LogP contribution in [0.3, 0.4) is 0 Å². The van der Waals surface area contributed by atoms with Crippen molar-refractivity contribution in [1.82, 2.24) is 9.55 Å². The number of hydrogen-bond donors (Lipinski definition) is 1. The molecule has 0 atom stereocenters. The molecular formula is C14H18N2OS. The lowest BCUT2D eigenvalue weighted by Crippen LogP contribution is -2.06. The van der Waals surface area contributed by atoms with Crippen LogP contribution in [0.4, 0.5) is 0 Å². The van der Waals surface area contributed by atoms with Crippen LogP contribution in [0.2, 0.25) is 0 Å². The van der Waals surface area contributed by atoms with Crippen molar-refractivity contribution in [3.63, 3.8) is 0 Å². The molecule has 1 aromatic carbocycles. The van der Waals surface area contributed by atoms with Crippen LogP contribution in [-0.4, -0.2) is 16.7 Å². The quantitative estimate of drug-likeness (QED) is 0.837. The Hall–Kier alpha value is -1.55. The SMILES string of the molecule is CCc1c[nH]c(=S)n1CCc1ccccc1OC. The number of rotatable bonds is 5. The summed E-state index contributed by atoms with van der Waals surface area (Å²) < 4.78 is 8.31. The smallest absolute Gasteiger partial charge is 0.177 e. The Kier molecular flexibility index (Phi) is 4.20. The first-order valence-corrected chi connectivity index (χ1v) is 6.56. The fourth-order valence-electron chi connectivity index (χ4n) is 2.11. The molecular weight excluding hydrogens is 244 g/mol. The van der Waals surface area contributed by atoms with Gasteiger partial charge in [0.25, 0.3) is 0 Å². The third-order valence-corrected chi connectivity index (χ3v) is 3.45. The van der Waals surface area contributed by atoms with Crippen LogP contribution in [0.5, 0.6) is 5.75 Å². The van der Waals surface area contributed by atoms with E-state index in [0.717, 1.165) is 29.9 Å². The highest BCUT2D eigenvalue weighted by molar-refractivity contribution is 7.71. The third-order valence-electron chi connectivity index (χ3n) is 3.11. The molecule has 0 spiro atoms. The number of methoxy groups -OCH3 is 1. The van der Waals surface area contributed by atoms with Gasteiger partial charge in [0.2, 0.25) is 0 Å². The molecule has 4 heteroatoms. The van der Waals surface area contributed by atoms with Crippen LogP contribution >= 0.6 is 12.2 Å². The second-order valence-electron chi connectivity index (χ2n) is 4.15. The Bertz CT molecular complexity index is 571. The molecule has 2 aromatic rings. The van der Waals surface area contributed by atoms with E-state index in [-0.39, 0.29) is 0 Å². The minimum atomic E-state index is 0.793. The van der Waals surface area contributed by atoms with Crippen LogP contribution in [0, 0.1) is 4.77 Å². The highest BCUT2D eigenvalue weighted by Gasteiger charge is 2.05. The van der Waals surface area contributed by atoms with Crippen LogP contribution in [0.1, 0.15) is 18.2 Å². The van der Waals surface area contributed by atoms with Gasteiger partial charge in [0.15, 0.2) is 4.77 Å². The van der Waals surface area contributed by atoms with E-state index in [1.54, 1.807) is 7.11 Å². The van der Waals surface area contributed by atoms with Crippen molar-refractivity contribution in [2.75, 3.05) is 7.11 Å². The number of nitrogens with zero attached hydrogens (tertiary/aromatic N) is 1. The highest BCUT2D eigenvalue weighted by Crippen LogP contribution is 2.18. The maximum atomic E-state index is 5.36. The summed E-state index contributed by atoms with van der Waals surface area (Å²) in [7, 11) is 1.71. The van der Waals surface area contributed by atoms with Gasteiger partial charge >= 0.3 is 0 Å². The monoisotopic (exact) mass is 262 g/mol. The van der Waals surface area contributed by atoms with E-state index >= 15 is 0 Å². The molecule has 0 unspecified atom stereocenters. The summed E-state index contributed by atoms with van der Waals surface area (Å²) in [6.45, 7) is 3.02. The van der Waals surface area contributed by atoms with Gasteiger partial charge < -0.3 is 14.3 Å². The summed E-state index contributed by atoms with van der Waals surface area (Å²) in [5.74, 6) is 0.942. The average Bonchev–Trinajstić information content (AvgIpc) is 2.77. The summed E-state index contributed by atoms with van der Waals surface area (Å²) in [6, 6.07) is 8.11. The number of ether oxygens (including phenoxy) is 1. The van der Waals surface area contributed by atoms with Crippen LogP contribution in [-0.2, 0) is 19.4 Å². The molecule has 18 heavy (non-hydrogen) atoms. The lowest BCUT2D eigenvalue weighted by Gasteiger charge is -2.10. The lowest BCUT2D eigenvalue weighted by atomic mass is 10.1. The van der Waals surface area contributed by atoms with Gasteiger partial charge in [-0.2, -0.15) is 0 Å². The number of H-pyrrole nitrogens is 1. The van der Waals surface area contributed by atoms with Crippen molar-refractivity contribution in [3.8, 4) is 5.75 Å². The predicted molar refractivity (Wildman–Crippen MR) is 75.7 cm³/mol. The number of aromatic amines is 1. The van der Waals surface area contributed by atoms with Gasteiger partial charge in [-0.25, -0.2) is 0 Å². The Balaban J connectivity index is 2.16. The normalized spacial score (nSPS) is 10.6. The highest BCUT2D eigenvalue weighted by atomic mass is 32.1. The largest absolute Gasteiger partial charge is 0.496 e. The van der Waals surface area contributed by atoms with Crippen molar-refractivity contribution in [2.45, 2.75) is 26.3 Å². The summed E-state index contributed by atoms with van der Waals surface area (Å²) >= 11 is 5.29. The van der Waals surface area contributed by atoms with Gasteiger partial charge in [0.1, 0.15) is 5.75 Å². The van der Waals surface area contributed by atoms with Crippen molar-refractivity contribution >= 4 is 12.2 Å². The number of hydrogen-bond acceptors (Lipinski definition) is 2. The van der Waals surface area contributed by atoms with E-state index in [4.69, 9.17) is 17.0 Å². The molecule has 1 heterocycles. The average molecular weight is 262 g/mol. The second kappa shape index (κ2) is 5.87. The van der Waals surface area contributed by atoms with Gasteiger partial charge in [-0.1, -0.05) is 25.1 Å². The molecule has 0 saturated heterocycles. The van der Waals surface area contributed by atoms with E-state index in [9.17, 15) is 0 Å². The predicted octanol–water partition coefficient (Wildman–Crippen LogP) is 3.36. The summed E-state index contributed by atoms with van der Waals surface area (Å²) in [5.41, 5.74) is 2.46. The van der Waals surface area contributed by atoms with Crippen molar-refractivity contribution in [2.24, 2.45) is 0 Å². The molecule has 96 valence electrons. The van der Waals surface area contributed by atoms with Gasteiger partial charge in [-0.15, -0.1) is 0 Å². The van der Waals surface area contributed by atoms with E-state index in [1.165, 1.54) is 11.3 Å². The number of aryl methyl sites for hydroxylation is 2. The second-order valence-corrected chi connectivity index (χ2v) is 4.54. The molecule has 0 aliphatic rings. The topological polar surface area (TPSA) is 29.9 Å². The standard InChI is InChI=1S/C14H18N2OS/c1-3-12-10-15-14(18)16(12)9-8-11-6-4-5-7-13(11)17-2/h4-7,10H,3,8-9H2,1-2H3,(H,15,18). The zero-order valence-electron chi connectivity index (χ0n) is 10.8. The Morgan fingerprint density at radius 2 is 2.11 bits per heavy atom. The van der Waals surface area contributed by atoms with Crippen LogP contribution in [0.25, 0.3) is 0 Å². The van der Waals surface area contributed by atoms with Crippen molar-refractivity contribution in [3.05, 3.63) is 46.5 Å². The Morgan fingerprint density at radius 3 is 2.83 bits per heavy atom. The molecule has 0 fully saturated rings. The van der Waals surface area contributed by atoms with Crippen molar-refractivity contribution < 1.29 is 4.74 Å². The fraction of sp³-hybridized carbons (Fsp3) is 0.357. The maximum absolute atomic E-state index is 5.36. The Labute approximate surface area is 112 Å². The van der Waals surface area contributed by atoms with Gasteiger partial charge in [0, 0.05) is 18.4 Å².